The van der Waals surface area contributed by atoms with Gasteiger partial charge in [-0.3, -0.25) is 4.79 Å². The Kier molecular flexibility index (Phi) is 4.90. The minimum Gasteiger partial charge on any atom is -0.462 e. The molecule has 0 N–H and O–H groups in total. The molecular weight excluding hydrogens is 388 g/mol. The van der Waals surface area contributed by atoms with Crippen molar-refractivity contribution >= 4 is 38.8 Å². The Labute approximate surface area is 152 Å². The van der Waals surface area contributed by atoms with Crippen LogP contribution in [0.2, 0.25) is 0 Å². The van der Waals surface area contributed by atoms with Crippen LogP contribution in [0.1, 0.15) is 24.2 Å². The molecule has 1 aromatic heterocycles. The number of benzene rings is 2. The third-order valence-corrected chi connectivity index (χ3v) is 4.13. The highest BCUT2D eigenvalue weighted by molar-refractivity contribution is 9.10. The summed E-state index contributed by atoms with van der Waals surface area (Å²) in [6.07, 6.45) is 0. The quantitative estimate of drug-likeness (QED) is 0.455. The van der Waals surface area contributed by atoms with Crippen molar-refractivity contribution in [3.05, 3.63) is 52.5 Å². The molecule has 0 fully saturated rings. The van der Waals surface area contributed by atoms with Crippen LogP contribution in [0.5, 0.6) is 5.75 Å². The third kappa shape index (κ3) is 3.44. The number of fused-ring (bicyclic) bond motifs is 1. The molecule has 0 amide bonds. The summed E-state index contributed by atoms with van der Waals surface area (Å²) < 4.78 is 16.8. The number of halogens is 1. The van der Waals surface area contributed by atoms with E-state index in [9.17, 15) is 9.59 Å². The van der Waals surface area contributed by atoms with Crippen LogP contribution in [0.4, 0.5) is 0 Å². The second-order valence-corrected chi connectivity index (χ2v) is 6.12. The first kappa shape index (κ1) is 17.2. The van der Waals surface area contributed by atoms with Gasteiger partial charge >= 0.3 is 11.9 Å². The summed E-state index contributed by atoms with van der Waals surface area (Å²) in [4.78, 5) is 23.8. The lowest BCUT2D eigenvalue weighted by atomic mass is 10.1. The monoisotopic (exact) mass is 402 g/mol. The van der Waals surface area contributed by atoms with E-state index in [2.05, 4.69) is 15.9 Å². The summed E-state index contributed by atoms with van der Waals surface area (Å²) in [6.45, 7) is 3.30. The highest BCUT2D eigenvalue weighted by Gasteiger charge is 2.24. The summed E-state index contributed by atoms with van der Waals surface area (Å²) in [5.74, 6) is -0.215. The lowest BCUT2D eigenvalue weighted by Gasteiger charge is -2.05. The molecular formula is C19H15BrO5. The first-order valence-corrected chi connectivity index (χ1v) is 8.47. The fourth-order valence-corrected chi connectivity index (χ4v) is 2.93. The van der Waals surface area contributed by atoms with E-state index in [0.29, 0.717) is 32.5 Å². The third-order valence-electron chi connectivity index (χ3n) is 3.51. The van der Waals surface area contributed by atoms with Gasteiger partial charge in [-0.25, -0.2) is 4.79 Å². The molecule has 0 atom stereocenters. The molecule has 3 rings (SSSR count). The summed E-state index contributed by atoms with van der Waals surface area (Å²) in [7, 11) is 0. The molecule has 0 unspecified atom stereocenters. The maximum Gasteiger partial charge on any atom is 0.342 e. The molecule has 3 aromatic rings. The second kappa shape index (κ2) is 7.11. The Balaban J connectivity index is 2.27. The molecule has 5 nitrogen and oxygen atoms in total. The Bertz CT molecular complexity index is 943. The maximum atomic E-state index is 12.5. The van der Waals surface area contributed by atoms with Crippen molar-refractivity contribution in [2.75, 3.05) is 6.61 Å². The van der Waals surface area contributed by atoms with Gasteiger partial charge in [0, 0.05) is 17.9 Å². The molecule has 128 valence electrons. The van der Waals surface area contributed by atoms with Crippen molar-refractivity contribution in [3.63, 3.8) is 0 Å². The van der Waals surface area contributed by atoms with Crippen LogP contribution in [0, 0.1) is 0 Å². The zero-order valence-electron chi connectivity index (χ0n) is 13.7. The number of esters is 2. The molecule has 25 heavy (non-hydrogen) atoms. The highest BCUT2D eigenvalue weighted by atomic mass is 79.9. The maximum absolute atomic E-state index is 12.5. The van der Waals surface area contributed by atoms with Crippen molar-refractivity contribution in [1.82, 2.24) is 0 Å². The number of hydrogen-bond acceptors (Lipinski definition) is 5. The Hall–Kier alpha value is -2.60. The number of rotatable bonds is 4. The smallest absolute Gasteiger partial charge is 0.342 e. The van der Waals surface area contributed by atoms with E-state index in [0.717, 1.165) is 5.56 Å². The largest absolute Gasteiger partial charge is 0.462 e. The number of furan rings is 1. The van der Waals surface area contributed by atoms with Crippen LogP contribution in [0.25, 0.3) is 22.3 Å². The fraction of sp³-hybridized carbons (Fsp3) is 0.158. The van der Waals surface area contributed by atoms with E-state index in [1.807, 2.05) is 30.3 Å². The minimum atomic E-state index is -0.490. The van der Waals surface area contributed by atoms with Gasteiger partial charge in [-0.15, -0.1) is 0 Å². The van der Waals surface area contributed by atoms with Crippen molar-refractivity contribution in [3.8, 4) is 17.1 Å². The summed E-state index contributed by atoms with van der Waals surface area (Å²) >= 11 is 3.35. The van der Waals surface area contributed by atoms with Gasteiger partial charge in [-0.1, -0.05) is 30.3 Å². The average molecular weight is 403 g/mol. The molecule has 0 aliphatic carbocycles. The Morgan fingerprint density at radius 1 is 1.16 bits per heavy atom. The van der Waals surface area contributed by atoms with Crippen molar-refractivity contribution in [2.24, 2.45) is 0 Å². The highest BCUT2D eigenvalue weighted by Crippen LogP contribution is 2.39. The SMILES string of the molecule is CCOC(=O)c1c(-c2ccccc2)oc2cc(Br)c(OC(C)=O)cc12. The molecule has 6 heteroatoms. The summed E-state index contributed by atoms with van der Waals surface area (Å²) in [5.41, 5.74) is 1.56. The van der Waals surface area contributed by atoms with Crippen molar-refractivity contribution in [1.29, 1.82) is 0 Å². The Morgan fingerprint density at radius 2 is 1.88 bits per heavy atom. The fourth-order valence-electron chi connectivity index (χ4n) is 2.53. The van der Waals surface area contributed by atoms with Gasteiger partial charge in [-0.2, -0.15) is 0 Å². The first-order valence-electron chi connectivity index (χ1n) is 7.68. The lowest BCUT2D eigenvalue weighted by Crippen LogP contribution is -2.06. The minimum absolute atomic E-state index is 0.243. The van der Waals surface area contributed by atoms with E-state index in [4.69, 9.17) is 13.9 Å². The predicted molar refractivity (Wildman–Crippen MR) is 96.6 cm³/mol. The van der Waals surface area contributed by atoms with Gasteiger partial charge in [0.25, 0.3) is 0 Å². The van der Waals surface area contributed by atoms with Crippen LogP contribution < -0.4 is 4.74 Å². The molecule has 0 aliphatic heterocycles. The van der Waals surface area contributed by atoms with E-state index in [1.54, 1.807) is 19.1 Å². The van der Waals surface area contributed by atoms with Crippen molar-refractivity contribution < 1.29 is 23.5 Å². The van der Waals surface area contributed by atoms with Gasteiger partial charge in [0.15, 0.2) is 0 Å². The molecule has 0 radical (unpaired) electrons. The van der Waals surface area contributed by atoms with Crippen molar-refractivity contribution in [2.45, 2.75) is 13.8 Å². The molecule has 0 bridgehead atoms. The number of ether oxygens (including phenoxy) is 2. The van der Waals surface area contributed by atoms with Gasteiger partial charge in [0.05, 0.1) is 11.1 Å². The van der Waals surface area contributed by atoms with Crippen LogP contribution in [-0.2, 0) is 9.53 Å². The molecule has 2 aromatic carbocycles. The molecule has 0 saturated carbocycles. The van der Waals surface area contributed by atoms with E-state index in [-0.39, 0.29) is 6.61 Å². The van der Waals surface area contributed by atoms with Crippen LogP contribution in [0.15, 0.2) is 51.4 Å². The molecule has 0 spiro atoms. The van der Waals surface area contributed by atoms with Gasteiger partial charge in [-0.05, 0) is 35.0 Å². The van der Waals surface area contributed by atoms with Gasteiger partial charge in [0.1, 0.15) is 22.7 Å². The second-order valence-electron chi connectivity index (χ2n) is 5.27. The first-order chi connectivity index (χ1) is 12.0. The normalized spacial score (nSPS) is 10.7. The Morgan fingerprint density at radius 3 is 2.52 bits per heavy atom. The van der Waals surface area contributed by atoms with Gasteiger partial charge < -0.3 is 13.9 Å². The van der Waals surface area contributed by atoms with E-state index >= 15 is 0 Å². The van der Waals surface area contributed by atoms with Crippen LogP contribution >= 0.6 is 15.9 Å². The summed E-state index contributed by atoms with van der Waals surface area (Å²) in [6, 6.07) is 12.6. The van der Waals surface area contributed by atoms with E-state index < -0.39 is 11.9 Å². The number of carbonyl (C=O) groups is 2. The predicted octanol–water partition coefficient (Wildman–Crippen LogP) is 4.96. The standard InChI is InChI=1S/C19H15BrO5/c1-3-23-19(22)17-13-9-16(24-11(2)21)14(20)10-15(13)25-18(17)12-7-5-4-6-8-12/h4-10H,3H2,1-2H3. The average Bonchev–Trinajstić information content (AvgIpc) is 2.94. The summed E-state index contributed by atoms with van der Waals surface area (Å²) in [5, 5.41) is 0.525. The lowest BCUT2D eigenvalue weighted by molar-refractivity contribution is -0.131. The van der Waals surface area contributed by atoms with Crippen LogP contribution in [-0.4, -0.2) is 18.5 Å². The van der Waals surface area contributed by atoms with E-state index in [1.165, 1.54) is 6.92 Å². The number of hydrogen-bond donors (Lipinski definition) is 0. The zero-order valence-corrected chi connectivity index (χ0v) is 15.3. The van der Waals surface area contributed by atoms with Crippen LogP contribution in [0.3, 0.4) is 0 Å². The van der Waals surface area contributed by atoms with Gasteiger partial charge in [0.2, 0.25) is 0 Å². The topological polar surface area (TPSA) is 65.7 Å². The molecule has 1 heterocycles. The molecule has 0 aliphatic rings. The molecule has 0 saturated heterocycles. The zero-order chi connectivity index (χ0) is 18.0. The number of carbonyl (C=O) groups excluding carboxylic acids is 2.